The molecule has 0 aliphatic heterocycles. The van der Waals surface area contributed by atoms with Gasteiger partial charge in [0, 0.05) is 32.0 Å². The third-order valence-corrected chi connectivity index (χ3v) is 5.58. The van der Waals surface area contributed by atoms with E-state index in [1.807, 2.05) is 63.2 Å². The van der Waals surface area contributed by atoms with E-state index >= 15 is 0 Å². The molecule has 0 N–H and O–H groups in total. The maximum absolute atomic E-state index is 13.3. The third-order valence-electron chi connectivity index (χ3n) is 5.58. The topological polar surface area (TPSA) is 73.7 Å². The molecule has 1 amide bonds. The van der Waals surface area contributed by atoms with Crippen LogP contribution < -0.4 is 0 Å². The van der Waals surface area contributed by atoms with Crippen molar-refractivity contribution in [2.45, 2.75) is 33.6 Å². The number of likely N-dealkylation sites (N-methyl/N-ethyl adjacent to an activating group) is 1. The van der Waals surface area contributed by atoms with Gasteiger partial charge in [-0.2, -0.15) is 5.10 Å². The van der Waals surface area contributed by atoms with Crippen LogP contribution in [-0.2, 0) is 9.47 Å². The predicted molar refractivity (Wildman–Crippen MR) is 133 cm³/mol. The first kappa shape index (κ1) is 25.2. The largest absolute Gasteiger partial charge is 0.461 e. The van der Waals surface area contributed by atoms with E-state index < -0.39 is 5.97 Å². The van der Waals surface area contributed by atoms with E-state index in [1.165, 1.54) is 0 Å². The summed E-state index contributed by atoms with van der Waals surface area (Å²) in [4.78, 5) is 27.3. The summed E-state index contributed by atoms with van der Waals surface area (Å²) < 4.78 is 12.0. The monoisotopic (exact) mass is 463 g/mol. The molecular weight excluding hydrogens is 430 g/mol. The molecule has 0 saturated carbocycles. The van der Waals surface area contributed by atoms with Crippen molar-refractivity contribution in [2.75, 3.05) is 33.9 Å². The number of nitrogens with zero attached hydrogens (tertiary/aromatic N) is 3. The van der Waals surface area contributed by atoms with Gasteiger partial charge in [0.25, 0.3) is 5.91 Å². The SMILES string of the molecule is CCOC(=O)c1cc(C(C)C)n(-c2cc(C(=O)N(C)CCOC)cc(-c3ccc(C)cc3)c2)n1. The number of hydrogen-bond acceptors (Lipinski definition) is 5. The van der Waals surface area contributed by atoms with Gasteiger partial charge in [-0.05, 0) is 55.2 Å². The highest BCUT2D eigenvalue weighted by Gasteiger charge is 2.21. The van der Waals surface area contributed by atoms with Crippen LogP contribution in [0.5, 0.6) is 0 Å². The van der Waals surface area contributed by atoms with Crippen molar-refractivity contribution in [1.82, 2.24) is 14.7 Å². The van der Waals surface area contributed by atoms with E-state index in [2.05, 4.69) is 5.10 Å². The van der Waals surface area contributed by atoms with Gasteiger partial charge in [-0.3, -0.25) is 4.79 Å². The summed E-state index contributed by atoms with van der Waals surface area (Å²) in [5, 5.41) is 4.56. The Kier molecular flexibility index (Phi) is 8.23. The Morgan fingerprint density at radius 3 is 2.38 bits per heavy atom. The molecular formula is C27H33N3O4. The fourth-order valence-corrected chi connectivity index (χ4v) is 3.64. The maximum Gasteiger partial charge on any atom is 0.358 e. The van der Waals surface area contributed by atoms with Crippen molar-refractivity contribution in [3.63, 3.8) is 0 Å². The molecule has 0 atom stereocenters. The molecule has 0 bridgehead atoms. The van der Waals surface area contributed by atoms with E-state index in [4.69, 9.17) is 9.47 Å². The van der Waals surface area contributed by atoms with Gasteiger partial charge in [0.05, 0.1) is 18.9 Å². The van der Waals surface area contributed by atoms with E-state index in [-0.39, 0.29) is 24.1 Å². The molecule has 1 heterocycles. The number of ether oxygens (including phenoxy) is 2. The number of aromatic nitrogens is 2. The van der Waals surface area contributed by atoms with Crippen LogP contribution in [0, 0.1) is 6.92 Å². The molecule has 0 aliphatic carbocycles. The summed E-state index contributed by atoms with van der Waals surface area (Å²) in [7, 11) is 3.37. The summed E-state index contributed by atoms with van der Waals surface area (Å²) in [6, 6.07) is 15.6. The Balaban J connectivity index is 2.16. The lowest BCUT2D eigenvalue weighted by molar-refractivity contribution is 0.0518. The van der Waals surface area contributed by atoms with Gasteiger partial charge in [-0.15, -0.1) is 0 Å². The zero-order chi connectivity index (χ0) is 24.8. The van der Waals surface area contributed by atoms with Crippen molar-refractivity contribution in [3.8, 4) is 16.8 Å². The van der Waals surface area contributed by atoms with Crippen molar-refractivity contribution in [1.29, 1.82) is 0 Å². The number of methoxy groups -OCH3 is 1. The lowest BCUT2D eigenvalue weighted by Crippen LogP contribution is -2.30. The van der Waals surface area contributed by atoms with Crippen LogP contribution in [0.2, 0.25) is 0 Å². The number of amides is 1. The maximum atomic E-state index is 13.3. The van der Waals surface area contributed by atoms with Gasteiger partial charge in [-0.1, -0.05) is 43.7 Å². The molecule has 2 aromatic carbocycles. The Morgan fingerprint density at radius 2 is 1.76 bits per heavy atom. The Bertz CT molecular complexity index is 1150. The number of carbonyl (C=O) groups is 2. The molecule has 180 valence electrons. The van der Waals surface area contributed by atoms with Crippen LogP contribution in [0.15, 0.2) is 48.5 Å². The molecule has 0 saturated heterocycles. The number of esters is 1. The number of aryl methyl sites for hydroxylation is 1. The predicted octanol–water partition coefficient (Wildman–Crippen LogP) is 4.87. The van der Waals surface area contributed by atoms with Crippen molar-refractivity contribution < 1.29 is 19.1 Å². The number of rotatable bonds is 9. The minimum Gasteiger partial charge on any atom is -0.461 e. The molecule has 3 aromatic rings. The molecule has 0 unspecified atom stereocenters. The van der Waals surface area contributed by atoms with Crippen molar-refractivity contribution in [2.24, 2.45) is 0 Å². The number of hydrogen-bond donors (Lipinski definition) is 0. The number of benzene rings is 2. The number of carbonyl (C=O) groups excluding carboxylic acids is 2. The van der Waals surface area contributed by atoms with Gasteiger partial charge in [0.1, 0.15) is 0 Å². The summed E-state index contributed by atoms with van der Waals surface area (Å²) >= 11 is 0. The molecule has 3 rings (SSSR count). The molecule has 0 spiro atoms. The fraction of sp³-hybridized carbons (Fsp3) is 0.370. The molecule has 34 heavy (non-hydrogen) atoms. The van der Waals surface area contributed by atoms with E-state index in [9.17, 15) is 9.59 Å². The first-order valence-electron chi connectivity index (χ1n) is 11.5. The highest BCUT2D eigenvalue weighted by atomic mass is 16.5. The Labute approximate surface area is 201 Å². The standard InChI is InChI=1S/C27H33N3O4/c1-7-34-27(32)24-17-25(18(2)3)30(28-24)23-15-21(20-10-8-19(4)9-11-20)14-22(16-23)26(31)29(5)12-13-33-6/h8-11,14-18H,7,12-13H2,1-6H3. The third kappa shape index (κ3) is 5.72. The average Bonchev–Trinajstić information content (AvgIpc) is 3.28. The van der Waals surface area contributed by atoms with Crippen LogP contribution in [0.3, 0.4) is 0 Å². The molecule has 7 nitrogen and oxygen atoms in total. The molecule has 0 radical (unpaired) electrons. The second kappa shape index (κ2) is 11.1. The minimum atomic E-state index is -0.464. The summed E-state index contributed by atoms with van der Waals surface area (Å²) in [5.74, 6) is -0.480. The van der Waals surface area contributed by atoms with E-state index in [0.29, 0.717) is 24.4 Å². The lowest BCUT2D eigenvalue weighted by atomic mass is 10.00. The van der Waals surface area contributed by atoms with Crippen molar-refractivity contribution in [3.05, 3.63) is 71.0 Å². The van der Waals surface area contributed by atoms with Crippen LogP contribution >= 0.6 is 0 Å². The quantitative estimate of drug-likeness (QED) is 0.424. The highest BCUT2D eigenvalue weighted by molar-refractivity contribution is 5.96. The van der Waals surface area contributed by atoms with Gasteiger partial charge in [0.2, 0.25) is 0 Å². The smallest absolute Gasteiger partial charge is 0.358 e. The average molecular weight is 464 g/mol. The van der Waals surface area contributed by atoms with Gasteiger partial charge in [-0.25, -0.2) is 9.48 Å². The fourth-order valence-electron chi connectivity index (χ4n) is 3.64. The summed E-state index contributed by atoms with van der Waals surface area (Å²) in [6.07, 6.45) is 0. The van der Waals surface area contributed by atoms with Crippen LogP contribution in [-0.4, -0.2) is 60.5 Å². The molecule has 1 aromatic heterocycles. The van der Waals surface area contributed by atoms with Gasteiger partial charge in [0.15, 0.2) is 5.69 Å². The zero-order valence-corrected chi connectivity index (χ0v) is 20.8. The van der Waals surface area contributed by atoms with Crippen LogP contribution in [0.1, 0.15) is 58.8 Å². The second-order valence-corrected chi connectivity index (χ2v) is 8.60. The van der Waals surface area contributed by atoms with Gasteiger partial charge < -0.3 is 14.4 Å². The minimum absolute atomic E-state index is 0.0993. The molecule has 0 aliphatic rings. The summed E-state index contributed by atoms with van der Waals surface area (Å²) in [6.45, 7) is 9.08. The molecule has 0 fully saturated rings. The first-order chi connectivity index (χ1) is 16.2. The van der Waals surface area contributed by atoms with E-state index in [0.717, 1.165) is 22.4 Å². The van der Waals surface area contributed by atoms with Crippen LogP contribution in [0.4, 0.5) is 0 Å². The van der Waals surface area contributed by atoms with Gasteiger partial charge >= 0.3 is 5.97 Å². The Hall–Kier alpha value is -3.45. The highest BCUT2D eigenvalue weighted by Crippen LogP contribution is 2.28. The Morgan fingerprint density at radius 1 is 1.06 bits per heavy atom. The van der Waals surface area contributed by atoms with Crippen LogP contribution in [0.25, 0.3) is 16.8 Å². The molecule has 7 heteroatoms. The van der Waals surface area contributed by atoms with E-state index in [1.54, 1.807) is 36.7 Å². The van der Waals surface area contributed by atoms with Crippen molar-refractivity contribution >= 4 is 11.9 Å². The summed E-state index contributed by atoms with van der Waals surface area (Å²) in [5.41, 5.74) is 5.39. The lowest BCUT2D eigenvalue weighted by Gasteiger charge is -2.19. The zero-order valence-electron chi connectivity index (χ0n) is 20.8. The second-order valence-electron chi connectivity index (χ2n) is 8.60. The normalized spacial score (nSPS) is 11.0. The first-order valence-corrected chi connectivity index (χ1v) is 11.5.